The number of carbonyl (C=O) groups excluding carboxylic acids is 5. The Morgan fingerprint density at radius 3 is 2.07 bits per heavy atom. The van der Waals surface area contributed by atoms with E-state index >= 15 is 0 Å². The van der Waals surface area contributed by atoms with E-state index in [1.807, 2.05) is 18.2 Å². The molecule has 19 nitrogen and oxygen atoms in total. The molecule has 0 saturated carbocycles. The van der Waals surface area contributed by atoms with E-state index in [-0.39, 0.29) is 57.8 Å². The summed E-state index contributed by atoms with van der Waals surface area (Å²) >= 11 is 0. The van der Waals surface area contributed by atoms with Crippen molar-refractivity contribution in [2.24, 2.45) is 17.2 Å². The van der Waals surface area contributed by atoms with Crippen LogP contribution in [-0.4, -0.2) is 121 Å². The Hall–Kier alpha value is -7.14. The highest BCUT2D eigenvalue weighted by Crippen LogP contribution is 2.40. The number of hydrogen-bond donors (Lipinski definition) is 7. The van der Waals surface area contributed by atoms with Crippen LogP contribution >= 0.6 is 0 Å². The van der Waals surface area contributed by atoms with Gasteiger partial charge in [0.1, 0.15) is 55.4 Å². The standard InChI is InChI=1S/C51H66N12O7/c1-29-8-7-9-30(2)63(29)37-14-11-35(12-15-37)46-57-31(3)44(32(4)58-46)49(66)60-40(18-19-52)51(68)62(6)45-36-13-17-43(70-25-22-55)39(28-36)38-26-34(10-16-42(38)69-24-21-54)27-41(48(65)56-23-20-53)61-47(64)33(5)59-50(45)67/h10-17,26,28-30,33,40-41,45H,7-9,18-19,21-25,27,52,54-55H2,1-6H3,(H,56,65)(H,59,67)(H,60,66)(H,61,64). The van der Waals surface area contributed by atoms with Crippen molar-refractivity contribution in [3.05, 3.63) is 88.7 Å². The van der Waals surface area contributed by atoms with Gasteiger partial charge in [0.15, 0.2) is 5.82 Å². The molecule has 3 aromatic carbocycles. The number of amides is 5. The quantitative estimate of drug-likeness (QED) is 0.0796. The number of benzene rings is 3. The number of likely N-dealkylation sites (N-methyl/N-ethyl adjacent to an activating group) is 1. The second-order valence-corrected chi connectivity index (χ2v) is 17.9. The molecule has 0 radical (unpaired) electrons. The molecular weight excluding hydrogens is 893 g/mol. The summed E-state index contributed by atoms with van der Waals surface area (Å²) in [6.07, 6.45) is 3.49. The molecule has 4 aromatic rings. The molecule has 0 aliphatic carbocycles. The maximum atomic E-state index is 14.8. The summed E-state index contributed by atoms with van der Waals surface area (Å²) in [5, 5.41) is 20.0. The number of hydrogen-bond acceptors (Lipinski definition) is 14. The van der Waals surface area contributed by atoms with Crippen molar-refractivity contribution in [1.82, 2.24) is 36.1 Å². The third-order valence-electron chi connectivity index (χ3n) is 12.7. The third-order valence-corrected chi connectivity index (χ3v) is 12.7. The highest BCUT2D eigenvalue weighted by atomic mass is 16.5. The Labute approximate surface area is 409 Å². The van der Waals surface area contributed by atoms with Crippen molar-refractivity contribution < 1.29 is 33.4 Å². The highest BCUT2D eigenvalue weighted by molar-refractivity contribution is 6.00. The molecule has 1 fully saturated rings. The van der Waals surface area contributed by atoms with Gasteiger partial charge in [-0.3, -0.25) is 24.0 Å². The van der Waals surface area contributed by atoms with Gasteiger partial charge in [0.2, 0.25) is 23.6 Å². The number of nitrogens with zero attached hydrogens (tertiary/aromatic N) is 5. The largest absolute Gasteiger partial charge is 0.492 e. The zero-order valence-electron chi connectivity index (χ0n) is 40.8. The molecule has 2 aliphatic rings. The van der Waals surface area contributed by atoms with Crippen LogP contribution in [0.2, 0.25) is 0 Å². The van der Waals surface area contributed by atoms with E-state index in [0.29, 0.717) is 63.0 Å². The monoisotopic (exact) mass is 959 g/mol. The Kier molecular flexibility index (Phi) is 17.9. The normalized spacial score (nSPS) is 19.6. The molecule has 6 rings (SSSR count). The average molecular weight is 959 g/mol. The molecule has 70 heavy (non-hydrogen) atoms. The van der Waals surface area contributed by atoms with Crippen molar-refractivity contribution in [3.63, 3.8) is 0 Å². The number of carbonyl (C=O) groups is 5. The molecule has 19 heteroatoms. The van der Waals surface area contributed by atoms with E-state index in [9.17, 15) is 29.2 Å². The topological polar surface area (TPSA) is 286 Å². The molecule has 3 heterocycles. The molecule has 1 saturated heterocycles. The molecule has 6 atom stereocenters. The zero-order chi connectivity index (χ0) is 50.6. The van der Waals surface area contributed by atoms with Gasteiger partial charge in [-0.25, -0.2) is 9.97 Å². The first-order chi connectivity index (χ1) is 33.6. The van der Waals surface area contributed by atoms with Gasteiger partial charge < -0.3 is 57.7 Å². The van der Waals surface area contributed by atoms with Gasteiger partial charge in [-0.05, 0) is 127 Å². The van der Waals surface area contributed by atoms with Crippen LogP contribution in [0.4, 0.5) is 5.69 Å². The number of anilines is 1. The number of piperidine rings is 1. The molecule has 372 valence electrons. The second kappa shape index (κ2) is 23.9. The van der Waals surface area contributed by atoms with Gasteiger partial charge in [0.25, 0.3) is 5.91 Å². The number of aromatic nitrogens is 2. The molecule has 0 spiro atoms. The van der Waals surface area contributed by atoms with Crippen LogP contribution in [0, 0.1) is 25.2 Å². The van der Waals surface area contributed by atoms with Crippen LogP contribution in [0.1, 0.15) is 85.4 Å². The summed E-state index contributed by atoms with van der Waals surface area (Å²) in [7, 11) is 1.42. The smallest absolute Gasteiger partial charge is 0.255 e. The predicted molar refractivity (Wildman–Crippen MR) is 265 cm³/mol. The molecular formula is C51H66N12O7. The minimum Gasteiger partial charge on any atom is -0.492 e. The lowest BCUT2D eigenvalue weighted by Gasteiger charge is -2.41. The van der Waals surface area contributed by atoms with Crippen LogP contribution in [0.15, 0.2) is 60.7 Å². The van der Waals surface area contributed by atoms with Crippen LogP contribution < -0.4 is 52.8 Å². The lowest BCUT2D eigenvalue weighted by molar-refractivity contribution is -0.141. The maximum Gasteiger partial charge on any atom is 0.255 e. The van der Waals surface area contributed by atoms with E-state index in [2.05, 4.69) is 52.1 Å². The second-order valence-electron chi connectivity index (χ2n) is 17.9. The molecule has 5 amide bonds. The fourth-order valence-corrected chi connectivity index (χ4v) is 9.25. The molecule has 2 aliphatic heterocycles. The first-order valence-electron chi connectivity index (χ1n) is 23.8. The lowest BCUT2D eigenvalue weighted by atomic mass is 9.93. The number of nitrogens with one attached hydrogen (secondary N) is 4. The van der Waals surface area contributed by atoms with Crippen LogP contribution in [0.25, 0.3) is 22.5 Å². The molecule has 1 aromatic heterocycles. The minimum atomic E-state index is -1.41. The van der Waals surface area contributed by atoms with Crippen LogP contribution in [-0.2, 0) is 25.6 Å². The Morgan fingerprint density at radius 1 is 0.857 bits per heavy atom. The molecule has 6 unspecified atom stereocenters. The maximum absolute atomic E-state index is 14.8. The van der Waals surface area contributed by atoms with Gasteiger partial charge >= 0.3 is 0 Å². The summed E-state index contributed by atoms with van der Waals surface area (Å²) in [5.74, 6) is -2.10. The zero-order valence-corrected chi connectivity index (χ0v) is 40.8. The van der Waals surface area contributed by atoms with Gasteiger partial charge in [-0.15, -0.1) is 0 Å². The van der Waals surface area contributed by atoms with E-state index in [4.69, 9.17) is 36.6 Å². The van der Waals surface area contributed by atoms with Gasteiger partial charge in [0, 0.05) is 61.0 Å². The van der Waals surface area contributed by atoms with Crippen molar-refractivity contribution in [3.8, 4) is 40.1 Å². The summed E-state index contributed by atoms with van der Waals surface area (Å²) < 4.78 is 12.2. The van der Waals surface area contributed by atoms with Gasteiger partial charge in [-0.1, -0.05) is 12.1 Å². The lowest BCUT2D eigenvalue weighted by Crippen LogP contribution is -2.56. The van der Waals surface area contributed by atoms with E-state index < -0.39 is 53.7 Å². The van der Waals surface area contributed by atoms with E-state index in [1.54, 1.807) is 50.2 Å². The number of nitriles is 1. The summed E-state index contributed by atoms with van der Waals surface area (Å²) in [4.78, 5) is 84.0. The Morgan fingerprint density at radius 2 is 1.47 bits per heavy atom. The number of fused-ring (bicyclic) bond motifs is 5. The third kappa shape index (κ3) is 12.2. The first kappa shape index (κ1) is 52.2. The van der Waals surface area contributed by atoms with Crippen molar-refractivity contribution in [1.29, 1.82) is 5.26 Å². The average Bonchev–Trinajstić information content (AvgIpc) is 3.33. The van der Waals surface area contributed by atoms with Crippen molar-refractivity contribution >= 4 is 35.2 Å². The summed E-state index contributed by atoms with van der Waals surface area (Å²) in [6.45, 7) is 9.73. The number of rotatable bonds is 16. The fourth-order valence-electron chi connectivity index (χ4n) is 9.25. The van der Waals surface area contributed by atoms with Crippen LogP contribution in [0.5, 0.6) is 11.5 Å². The van der Waals surface area contributed by atoms with Crippen LogP contribution in [0.3, 0.4) is 0 Å². The SMILES string of the molecule is Cc1nc(-c2ccc(N3C(C)CCCC3C)cc2)nc(C)c1C(=O)NC(CCN)C(=O)N(C)C1C(=O)NC(C)C(=O)NC(C(=O)NCC#N)Cc2ccc(OCCN)c(c2)-c2cc1ccc2OCCN. The van der Waals surface area contributed by atoms with E-state index in [1.165, 1.54) is 25.3 Å². The number of aryl methyl sites for hydroxylation is 2. The predicted octanol–water partition coefficient (Wildman–Crippen LogP) is 2.70. The van der Waals surface area contributed by atoms with Gasteiger partial charge in [0.05, 0.1) is 23.0 Å². The van der Waals surface area contributed by atoms with Crippen molar-refractivity contribution in [2.75, 3.05) is 51.3 Å². The first-order valence-corrected chi connectivity index (χ1v) is 23.8. The summed E-state index contributed by atoms with van der Waals surface area (Å²) in [6, 6.07) is 16.0. The summed E-state index contributed by atoms with van der Waals surface area (Å²) in [5.41, 5.74) is 22.6. The number of ether oxygens (including phenoxy) is 2. The fraction of sp³-hybridized carbons (Fsp3) is 0.451. The van der Waals surface area contributed by atoms with Gasteiger partial charge in [-0.2, -0.15) is 5.26 Å². The number of nitrogens with two attached hydrogens (primary N) is 3. The highest BCUT2D eigenvalue weighted by Gasteiger charge is 2.37. The Balaban J connectivity index is 1.35. The Bertz CT molecular complexity index is 2550. The van der Waals surface area contributed by atoms with E-state index in [0.717, 1.165) is 24.1 Å². The molecule has 4 bridgehead atoms. The minimum absolute atomic E-state index is 0.000663. The van der Waals surface area contributed by atoms with Crippen molar-refractivity contribution in [2.45, 2.75) is 103 Å². The molecule has 10 N–H and O–H groups in total.